The summed E-state index contributed by atoms with van der Waals surface area (Å²) in [5, 5.41) is 3.12. The molecule has 1 aromatic carbocycles. The van der Waals surface area contributed by atoms with E-state index >= 15 is 0 Å². The molecule has 0 unspecified atom stereocenters. The summed E-state index contributed by atoms with van der Waals surface area (Å²) in [6, 6.07) is 8.67. The predicted octanol–water partition coefficient (Wildman–Crippen LogP) is 4.02. The normalized spacial score (nSPS) is 10.0. The van der Waals surface area contributed by atoms with Gasteiger partial charge < -0.3 is 5.32 Å². The van der Waals surface area contributed by atoms with Crippen molar-refractivity contribution in [1.82, 2.24) is 0 Å². The molecule has 0 bridgehead atoms. The lowest BCUT2D eigenvalue weighted by Crippen LogP contribution is -1.89. The van der Waals surface area contributed by atoms with Crippen LogP contribution < -0.4 is 5.32 Å². The first-order valence-electron chi connectivity index (χ1n) is 5.63. The fraction of sp³-hybridized carbons (Fsp3) is 0.429. The summed E-state index contributed by atoms with van der Waals surface area (Å²) in [6.45, 7) is 6.01. The van der Waals surface area contributed by atoms with Crippen LogP contribution in [0.3, 0.4) is 0 Å². The third-order valence-electron chi connectivity index (χ3n) is 2.56. The minimum absolute atomic E-state index is 1.16. The molecule has 0 atom stereocenters. The fourth-order valence-electron chi connectivity index (χ4n) is 1.59. The summed E-state index contributed by atoms with van der Waals surface area (Å²) in [7, 11) is 1.95. The van der Waals surface area contributed by atoms with E-state index in [1.54, 1.807) is 0 Å². The van der Waals surface area contributed by atoms with E-state index in [4.69, 9.17) is 0 Å². The molecule has 0 radical (unpaired) electrons. The molecule has 1 nitrogen and oxygen atoms in total. The molecule has 0 saturated carbocycles. The second-order valence-corrected chi connectivity index (χ2v) is 4.11. The van der Waals surface area contributed by atoms with Crippen LogP contribution in [0.4, 0.5) is 5.69 Å². The van der Waals surface area contributed by atoms with Crippen molar-refractivity contribution in [3.63, 3.8) is 0 Å². The summed E-state index contributed by atoms with van der Waals surface area (Å²) >= 11 is 0. The number of rotatable bonds is 6. The van der Waals surface area contributed by atoms with Crippen molar-refractivity contribution in [3.8, 4) is 0 Å². The minimum Gasteiger partial charge on any atom is -0.388 e. The highest BCUT2D eigenvalue weighted by atomic mass is 14.8. The smallest absolute Gasteiger partial charge is 0.0337 e. The number of allylic oxidation sites excluding steroid dienone is 1. The van der Waals surface area contributed by atoms with Gasteiger partial charge >= 0.3 is 0 Å². The van der Waals surface area contributed by atoms with Gasteiger partial charge in [-0.3, -0.25) is 0 Å². The third-order valence-corrected chi connectivity index (χ3v) is 2.56. The van der Waals surface area contributed by atoms with Crippen LogP contribution in [0.15, 0.2) is 36.4 Å². The second-order valence-electron chi connectivity index (χ2n) is 4.11. The van der Waals surface area contributed by atoms with Gasteiger partial charge in [-0.25, -0.2) is 0 Å². The number of nitrogens with one attached hydrogen (secondary N) is 1. The zero-order valence-electron chi connectivity index (χ0n) is 9.84. The average molecular weight is 203 g/mol. The van der Waals surface area contributed by atoms with Gasteiger partial charge in [0.25, 0.3) is 0 Å². The Kier molecular flexibility index (Phi) is 4.96. The molecule has 0 aliphatic carbocycles. The highest BCUT2D eigenvalue weighted by Gasteiger charge is 1.94. The lowest BCUT2D eigenvalue weighted by atomic mass is 10.0. The van der Waals surface area contributed by atoms with Crippen LogP contribution >= 0.6 is 0 Å². The average Bonchev–Trinajstić information content (AvgIpc) is 2.25. The number of benzene rings is 1. The van der Waals surface area contributed by atoms with Crippen molar-refractivity contribution in [2.75, 3.05) is 12.4 Å². The Balaban J connectivity index is 2.28. The number of hydrogen-bond acceptors (Lipinski definition) is 1. The molecule has 1 aromatic rings. The van der Waals surface area contributed by atoms with E-state index in [1.165, 1.54) is 36.1 Å². The molecule has 1 N–H and O–H groups in total. The lowest BCUT2D eigenvalue weighted by Gasteiger charge is -2.04. The fourth-order valence-corrected chi connectivity index (χ4v) is 1.59. The van der Waals surface area contributed by atoms with Gasteiger partial charge in [-0.2, -0.15) is 0 Å². The Morgan fingerprint density at radius 1 is 1.20 bits per heavy atom. The van der Waals surface area contributed by atoms with Crippen LogP contribution in [0.5, 0.6) is 0 Å². The first kappa shape index (κ1) is 11.8. The largest absolute Gasteiger partial charge is 0.388 e. The number of hydrogen-bond donors (Lipinski definition) is 1. The SMILES string of the molecule is C=C(C)CCCCc1ccc(NC)cc1. The first-order valence-corrected chi connectivity index (χ1v) is 5.63. The van der Waals surface area contributed by atoms with E-state index in [9.17, 15) is 0 Å². The van der Waals surface area contributed by atoms with Gasteiger partial charge in [0.2, 0.25) is 0 Å². The van der Waals surface area contributed by atoms with Gasteiger partial charge in [-0.05, 0) is 50.3 Å². The summed E-state index contributed by atoms with van der Waals surface area (Å²) in [6.07, 6.45) is 4.85. The predicted molar refractivity (Wildman–Crippen MR) is 68.4 cm³/mol. The van der Waals surface area contributed by atoms with Gasteiger partial charge in [0.15, 0.2) is 0 Å². The van der Waals surface area contributed by atoms with Crippen LogP contribution in [0.1, 0.15) is 31.7 Å². The molecule has 0 spiro atoms. The van der Waals surface area contributed by atoms with E-state index in [2.05, 4.69) is 43.1 Å². The van der Waals surface area contributed by atoms with E-state index < -0.39 is 0 Å². The summed E-state index contributed by atoms with van der Waals surface area (Å²) < 4.78 is 0. The van der Waals surface area contributed by atoms with Crippen molar-refractivity contribution in [2.24, 2.45) is 0 Å². The zero-order chi connectivity index (χ0) is 11.1. The quantitative estimate of drug-likeness (QED) is 0.544. The highest BCUT2D eigenvalue weighted by molar-refractivity contribution is 5.43. The van der Waals surface area contributed by atoms with Crippen molar-refractivity contribution < 1.29 is 0 Å². The monoisotopic (exact) mass is 203 g/mol. The molecule has 0 heterocycles. The van der Waals surface area contributed by atoms with Crippen molar-refractivity contribution in [3.05, 3.63) is 42.0 Å². The summed E-state index contributed by atoms with van der Waals surface area (Å²) in [4.78, 5) is 0. The topological polar surface area (TPSA) is 12.0 Å². The van der Waals surface area contributed by atoms with Crippen molar-refractivity contribution in [2.45, 2.75) is 32.6 Å². The number of aryl methyl sites for hydroxylation is 1. The number of anilines is 1. The van der Waals surface area contributed by atoms with Gasteiger partial charge in [-0.15, -0.1) is 6.58 Å². The van der Waals surface area contributed by atoms with Crippen LogP contribution in [0, 0.1) is 0 Å². The molecule has 15 heavy (non-hydrogen) atoms. The Hall–Kier alpha value is -1.24. The Bertz CT molecular complexity index is 298. The molecule has 0 saturated heterocycles. The van der Waals surface area contributed by atoms with Gasteiger partial charge in [-0.1, -0.05) is 17.7 Å². The van der Waals surface area contributed by atoms with E-state index in [0.29, 0.717) is 0 Å². The van der Waals surface area contributed by atoms with Crippen molar-refractivity contribution in [1.29, 1.82) is 0 Å². The zero-order valence-corrected chi connectivity index (χ0v) is 9.84. The van der Waals surface area contributed by atoms with Gasteiger partial charge in [0.1, 0.15) is 0 Å². The van der Waals surface area contributed by atoms with Crippen LogP contribution in [0.25, 0.3) is 0 Å². The molecule has 0 fully saturated rings. The molecule has 0 amide bonds. The molecule has 0 aliphatic rings. The highest BCUT2D eigenvalue weighted by Crippen LogP contribution is 2.12. The van der Waals surface area contributed by atoms with Gasteiger partial charge in [0.05, 0.1) is 0 Å². The number of unbranched alkanes of at least 4 members (excludes halogenated alkanes) is 1. The maximum atomic E-state index is 3.91. The molecule has 1 rings (SSSR count). The Labute approximate surface area is 93.2 Å². The summed E-state index contributed by atoms with van der Waals surface area (Å²) in [5.41, 5.74) is 3.90. The minimum atomic E-state index is 1.16. The summed E-state index contributed by atoms with van der Waals surface area (Å²) in [5.74, 6) is 0. The Morgan fingerprint density at radius 2 is 1.87 bits per heavy atom. The standard InChI is InChI=1S/C14H21N/c1-12(2)6-4-5-7-13-8-10-14(15-3)11-9-13/h8-11,15H,1,4-7H2,2-3H3. The van der Waals surface area contributed by atoms with Crippen LogP contribution in [0.2, 0.25) is 0 Å². The molecule has 1 heteroatoms. The van der Waals surface area contributed by atoms with Crippen molar-refractivity contribution >= 4 is 5.69 Å². The van der Waals surface area contributed by atoms with Crippen LogP contribution in [-0.2, 0) is 6.42 Å². The molecular weight excluding hydrogens is 182 g/mol. The van der Waals surface area contributed by atoms with E-state index in [-0.39, 0.29) is 0 Å². The third kappa shape index (κ3) is 4.68. The lowest BCUT2D eigenvalue weighted by molar-refractivity contribution is 0.731. The first-order chi connectivity index (χ1) is 7.22. The Morgan fingerprint density at radius 3 is 2.40 bits per heavy atom. The maximum Gasteiger partial charge on any atom is 0.0337 e. The maximum absolute atomic E-state index is 3.91. The molecular formula is C14H21N. The second kappa shape index (κ2) is 6.28. The molecule has 82 valence electrons. The van der Waals surface area contributed by atoms with E-state index in [1.807, 2.05) is 7.05 Å². The van der Waals surface area contributed by atoms with Crippen LogP contribution in [-0.4, -0.2) is 7.05 Å². The van der Waals surface area contributed by atoms with E-state index in [0.717, 1.165) is 6.42 Å². The van der Waals surface area contributed by atoms with Gasteiger partial charge in [0, 0.05) is 12.7 Å². The molecule has 0 aromatic heterocycles. The molecule has 0 aliphatic heterocycles.